The number of carbonyl (C=O) groups excluding carboxylic acids is 1. The van der Waals surface area contributed by atoms with Crippen LogP contribution in [0.3, 0.4) is 0 Å². The first kappa shape index (κ1) is 16.4. The Labute approximate surface area is 131 Å². The molecule has 0 fully saturated rings. The molecule has 1 aromatic carbocycles. The molecule has 2 rings (SSSR count). The van der Waals surface area contributed by atoms with Gasteiger partial charge in [-0.05, 0) is 12.0 Å². The van der Waals surface area contributed by atoms with Gasteiger partial charge in [-0.15, -0.1) is 0 Å². The molecule has 1 atom stereocenters. The Bertz CT molecular complexity index is 628. The molecule has 1 N–H and O–H groups in total. The Hall–Kier alpha value is -2.02. The van der Waals surface area contributed by atoms with Gasteiger partial charge in [-0.1, -0.05) is 42.4 Å². The number of rotatable bonds is 8. The molecule has 0 radical (unpaired) electrons. The zero-order chi connectivity index (χ0) is 15.8. The molecular weight excluding hydrogens is 302 g/mol. The lowest BCUT2D eigenvalue weighted by Gasteiger charge is -2.04. The van der Waals surface area contributed by atoms with E-state index in [1.54, 1.807) is 0 Å². The van der Waals surface area contributed by atoms with Crippen molar-refractivity contribution in [3.05, 3.63) is 47.6 Å². The highest BCUT2D eigenvalue weighted by molar-refractivity contribution is 7.84. The third-order valence-corrected chi connectivity index (χ3v) is 4.05. The van der Waals surface area contributed by atoms with Gasteiger partial charge in [-0.25, -0.2) is 0 Å². The van der Waals surface area contributed by atoms with E-state index in [4.69, 9.17) is 4.52 Å². The van der Waals surface area contributed by atoms with E-state index in [1.165, 1.54) is 0 Å². The number of hydrogen-bond acceptors (Lipinski definition) is 5. The minimum absolute atomic E-state index is 0.0650. The second-order valence-electron chi connectivity index (χ2n) is 4.85. The molecule has 0 aliphatic heterocycles. The second-order valence-corrected chi connectivity index (χ2v) is 6.30. The molecule has 0 bridgehead atoms. The first-order valence-electron chi connectivity index (χ1n) is 7.14. The Morgan fingerprint density at radius 2 is 2.09 bits per heavy atom. The van der Waals surface area contributed by atoms with Gasteiger partial charge in [0.1, 0.15) is 5.75 Å². The molecule has 1 amide bonds. The van der Waals surface area contributed by atoms with E-state index in [0.717, 1.165) is 12.0 Å². The van der Waals surface area contributed by atoms with Crippen molar-refractivity contribution in [2.75, 3.05) is 5.75 Å². The lowest BCUT2D eigenvalue weighted by Crippen LogP contribution is -2.28. The molecule has 6 nitrogen and oxygen atoms in total. The summed E-state index contributed by atoms with van der Waals surface area (Å²) in [4.78, 5) is 15.9. The van der Waals surface area contributed by atoms with Gasteiger partial charge in [0.25, 0.3) is 0 Å². The molecule has 7 heteroatoms. The molecule has 2 aromatic rings. The summed E-state index contributed by atoms with van der Waals surface area (Å²) < 4.78 is 17.0. The lowest BCUT2D eigenvalue weighted by molar-refractivity contribution is -0.118. The Kier molecular flexibility index (Phi) is 6.27. The zero-order valence-corrected chi connectivity index (χ0v) is 13.3. The Morgan fingerprint density at radius 3 is 2.82 bits per heavy atom. The van der Waals surface area contributed by atoms with Gasteiger partial charge < -0.3 is 9.84 Å². The molecule has 22 heavy (non-hydrogen) atoms. The van der Waals surface area contributed by atoms with E-state index in [-0.39, 0.29) is 17.4 Å². The standard InChI is InChI=1S/C15H19N3O3S/c1-2-6-15-17-13(18-21-15)10-22(20)11-14(19)16-9-12-7-4-3-5-8-12/h3-5,7-8H,2,6,9-11H2,1H3,(H,16,19). The van der Waals surface area contributed by atoms with E-state index in [2.05, 4.69) is 15.5 Å². The predicted octanol–water partition coefficient (Wildman–Crippen LogP) is 1.59. The molecule has 118 valence electrons. The van der Waals surface area contributed by atoms with Gasteiger partial charge in [-0.2, -0.15) is 4.98 Å². The topological polar surface area (TPSA) is 85.1 Å². The number of hydrogen-bond donors (Lipinski definition) is 1. The highest BCUT2D eigenvalue weighted by Gasteiger charge is 2.13. The van der Waals surface area contributed by atoms with Gasteiger partial charge in [0.15, 0.2) is 5.82 Å². The summed E-state index contributed by atoms with van der Waals surface area (Å²) in [5, 5.41) is 6.51. The van der Waals surface area contributed by atoms with E-state index in [0.29, 0.717) is 24.7 Å². The maximum atomic E-state index is 11.9. The lowest BCUT2D eigenvalue weighted by atomic mass is 10.2. The van der Waals surface area contributed by atoms with Gasteiger partial charge in [-0.3, -0.25) is 9.00 Å². The fourth-order valence-electron chi connectivity index (χ4n) is 1.85. The van der Waals surface area contributed by atoms with Crippen LogP contribution >= 0.6 is 0 Å². The third kappa shape index (κ3) is 5.40. The van der Waals surface area contributed by atoms with Crippen LogP contribution in [0.5, 0.6) is 0 Å². The Morgan fingerprint density at radius 1 is 1.32 bits per heavy atom. The number of amides is 1. The largest absolute Gasteiger partial charge is 0.351 e. The van der Waals surface area contributed by atoms with E-state index < -0.39 is 10.8 Å². The minimum Gasteiger partial charge on any atom is -0.351 e. The van der Waals surface area contributed by atoms with Crippen molar-refractivity contribution in [2.45, 2.75) is 32.1 Å². The van der Waals surface area contributed by atoms with Crippen LogP contribution in [0.2, 0.25) is 0 Å². The number of carbonyl (C=O) groups is 1. The van der Waals surface area contributed by atoms with Crippen molar-refractivity contribution >= 4 is 16.7 Å². The number of nitrogens with one attached hydrogen (secondary N) is 1. The van der Waals surface area contributed by atoms with Crippen molar-refractivity contribution in [1.29, 1.82) is 0 Å². The van der Waals surface area contributed by atoms with Crippen LogP contribution in [-0.4, -0.2) is 26.0 Å². The van der Waals surface area contributed by atoms with Crippen molar-refractivity contribution in [1.82, 2.24) is 15.5 Å². The van der Waals surface area contributed by atoms with Crippen LogP contribution in [0.25, 0.3) is 0 Å². The predicted molar refractivity (Wildman–Crippen MR) is 83.3 cm³/mol. The van der Waals surface area contributed by atoms with Crippen LogP contribution in [0.4, 0.5) is 0 Å². The van der Waals surface area contributed by atoms with Gasteiger partial charge in [0, 0.05) is 23.8 Å². The summed E-state index contributed by atoms with van der Waals surface area (Å²) in [5.74, 6) is 0.747. The van der Waals surface area contributed by atoms with E-state index in [9.17, 15) is 9.00 Å². The van der Waals surface area contributed by atoms with Crippen molar-refractivity contribution in [2.24, 2.45) is 0 Å². The molecule has 0 saturated carbocycles. The molecule has 0 spiro atoms. The first-order chi connectivity index (χ1) is 10.7. The van der Waals surface area contributed by atoms with Gasteiger partial charge in [0.2, 0.25) is 11.8 Å². The molecule has 0 aliphatic carbocycles. The summed E-state index contributed by atoms with van der Waals surface area (Å²) in [7, 11) is -1.35. The van der Waals surface area contributed by atoms with Crippen LogP contribution in [0.1, 0.15) is 30.6 Å². The summed E-state index contributed by atoms with van der Waals surface area (Å²) in [6.07, 6.45) is 1.61. The normalized spacial score (nSPS) is 12.0. The maximum absolute atomic E-state index is 11.9. The van der Waals surface area contributed by atoms with Crippen molar-refractivity contribution in [3.8, 4) is 0 Å². The van der Waals surface area contributed by atoms with Crippen molar-refractivity contribution < 1.29 is 13.5 Å². The number of aryl methyl sites for hydroxylation is 1. The first-order valence-corrected chi connectivity index (χ1v) is 8.63. The fourth-order valence-corrected chi connectivity index (χ4v) is 2.75. The molecule has 1 heterocycles. The number of aromatic nitrogens is 2. The third-order valence-electron chi connectivity index (χ3n) is 2.89. The summed E-state index contributed by atoms with van der Waals surface area (Å²) in [6.45, 7) is 2.44. The highest BCUT2D eigenvalue weighted by Crippen LogP contribution is 2.03. The Balaban J connectivity index is 1.75. The highest BCUT2D eigenvalue weighted by atomic mass is 32.2. The molecule has 1 aromatic heterocycles. The van der Waals surface area contributed by atoms with Gasteiger partial charge in [0.05, 0.1) is 5.75 Å². The summed E-state index contributed by atoms with van der Waals surface area (Å²) >= 11 is 0. The quantitative estimate of drug-likeness (QED) is 0.798. The van der Waals surface area contributed by atoms with Crippen LogP contribution in [0.15, 0.2) is 34.9 Å². The monoisotopic (exact) mass is 321 g/mol. The molecule has 1 unspecified atom stereocenters. The average Bonchev–Trinajstić information content (AvgIpc) is 2.93. The smallest absolute Gasteiger partial charge is 0.232 e. The minimum atomic E-state index is -1.35. The van der Waals surface area contributed by atoms with Crippen LogP contribution in [0, 0.1) is 0 Å². The number of benzene rings is 1. The fraction of sp³-hybridized carbons (Fsp3) is 0.400. The summed E-state index contributed by atoms with van der Waals surface area (Å²) in [5.41, 5.74) is 1.00. The average molecular weight is 321 g/mol. The molecular formula is C15H19N3O3S. The van der Waals surface area contributed by atoms with Gasteiger partial charge >= 0.3 is 0 Å². The zero-order valence-electron chi connectivity index (χ0n) is 12.4. The van der Waals surface area contributed by atoms with Crippen LogP contribution < -0.4 is 5.32 Å². The van der Waals surface area contributed by atoms with E-state index in [1.807, 2.05) is 37.3 Å². The molecule has 0 saturated heterocycles. The second kappa shape index (κ2) is 8.43. The summed E-state index contributed by atoms with van der Waals surface area (Å²) in [6, 6.07) is 9.57. The van der Waals surface area contributed by atoms with E-state index >= 15 is 0 Å². The van der Waals surface area contributed by atoms with Crippen LogP contribution in [-0.2, 0) is 34.3 Å². The number of nitrogens with zero attached hydrogens (tertiary/aromatic N) is 2. The van der Waals surface area contributed by atoms with Crippen molar-refractivity contribution in [3.63, 3.8) is 0 Å². The molecule has 0 aliphatic rings. The SMILES string of the molecule is CCCc1nc(CS(=O)CC(=O)NCc2ccccc2)no1. The maximum Gasteiger partial charge on any atom is 0.232 e.